The Labute approximate surface area is 175 Å². The van der Waals surface area contributed by atoms with Crippen LogP contribution in [0.4, 0.5) is 0 Å². The Bertz CT molecular complexity index is 1030. The number of likely N-dealkylation sites (tertiary alicyclic amines) is 1. The molecule has 2 aliphatic rings. The fraction of sp³-hybridized carbons (Fsp3) is 0.333. The predicted octanol–water partition coefficient (Wildman–Crippen LogP) is 3.99. The molecule has 156 valence electrons. The summed E-state index contributed by atoms with van der Waals surface area (Å²) >= 11 is 0. The minimum Gasteiger partial charge on any atom is -0.507 e. The largest absolute Gasteiger partial charge is 0.507 e. The molecule has 0 aliphatic carbocycles. The second kappa shape index (κ2) is 8.22. The summed E-state index contributed by atoms with van der Waals surface area (Å²) in [7, 11) is 0. The number of benzene rings is 2. The maximum absolute atomic E-state index is 13.0. The third-order valence-corrected chi connectivity index (χ3v) is 5.47. The highest BCUT2D eigenvalue weighted by molar-refractivity contribution is 6.46. The average Bonchev–Trinajstić information content (AvgIpc) is 3.01. The smallest absolute Gasteiger partial charge is 0.295 e. The zero-order valence-electron chi connectivity index (χ0n) is 17.2. The number of hydrogen-bond donors (Lipinski definition) is 1. The van der Waals surface area contributed by atoms with Crippen LogP contribution in [0, 0.1) is 6.92 Å². The van der Waals surface area contributed by atoms with Gasteiger partial charge in [-0.2, -0.15) is 0 Å². The van der Waals surface area contributed by atoms with Crippen molar-refractivity contribution in [2.75, 3.05) is 19.8 Å². The van der Waals surface area contributed by atoms with Gasteiger partial charge in [-0.3, -0.25) is 9.59 Å². The van der Waals surface area contributed by atoms with Gasteiger partial charge in [0.25, 0.3) is 11.7 Å². The summed E-state index contributed by atoms with van der Waals surface area (Å²) in [4.78, 5) is 27.4. The molecule has 2 aromatic rings. The monoisotopic (exact) mass is 407 g/mol. The molecule has 0 bridgehead atoms. The Balaban J connectivity index is 1.84. The molecule has 0 spiro atoms. The van der Waals surface area contributed by atoms with Crippen LogP contribution in [0.25, 0.3) is 5.76 Å². The normalized spacial score (nSPS) is 19.9. The van der Waals surface area contributed by atoms with E-state index >= 15 is 0 Å². The van der Waals surface area contributed by atoms with Crippen molar-refractivity contribution >= 4 is 17.4 Å². The number of unbranched alkanes of at least 4 members (excludes halogenated alkanes) is 1. The van der Waals surface area contributed by atoms with Crippen molar-refractivity contribution in [3.8, 4) is 11.5 Å². The zero-order valence-corrected chi connectivity index (χ0v) is 17.2. The Morgan fingerprint density at radius 1 is 1.10 bits per heavy atom. The lowest BCUT2D eigenvalue weighted by Gasteiger charge is -2.25. The fourth-order valence-corrected chi connectivity index (χ4v) is 3.97. The van der Waals surface area contributed by atoms with Gasteiger partial charge in [-0.25, -0.2) is 0 Å². The second-order valence-electron chi connectivity index (χ2n) is 7.62. The number of hydrogen-bond acceptors (Lipinski definition) is 5. The first-order valence-electron chi connectivity index (χ1n) is 10.3. The average molecular weight is 407 g/mol. The van der Waals surface area contributed by atoms with Crippen molar-refractivity contribution in [3.05, 3.63) is 64.7 Å². The number of ketones is 1. The van der Waals surface area contributed by atoms with E-state index in [0.717, 1.165) is 24.0 Å². The topological polar surface area (TPSA) is 76.1 Å². The van der Waals surface area contributed by atoms with E-state index in [9.17, 15) is 14.7 Å². The minimum atomic E-state index is -0.662. The number of aliphatic hydroxyl groups excluding tert-OH is 1. The third kappa shape index (κ3) is 3.54. The number of aliphatic hydroxyl groups is 1. The van der Waals surface area contributed by atoms with Gasteiger partial charge in [0.2, 0.25) is 0 Å². The zero-order chi connectivity index (χ0) is 21.3. The number of rotatable bonds is 5. The van der Waals surface area contributed by atoms with Gasteiger partial charge < -0.3 is 19.5 Å². The first-order valence-corrected chi connectivity index (χ1v) is 10.3. The Hall–Kier alpha value is -3.28. The summed E-state index contributed by atoms with van der Waals surface area (Å²) < 4.78 is 11.1. The number of aryl methyl sites for hydroxylation is 1. The van der Waals surface area contributed by atoms with Crippen LogP contribution >= 0.6 is 0 Å². The second-order valence-corrected chi connectivity index (χ2v) is 7.62. The number of nitrogens with zero attached hydrogens (tertiary/aromatic N) is 1. The van der Waals surface area contributed by atoms with Gasteiger partial charge in [0, 0.05) is 12.1 Å². The highest BCUT2D eigenvalue weighted by Gasteiger charge is 2.45. The Morgan fingerprint density at radius 2 is 1.87 bits per heavy atom. The molecule has 2 heterocycles. The van der Waals surface area contributed by atoms with Gasteiger partial charge in [-0.1, -0.05) is 43.2 Å². The molecule has 0 saturated carbocycles. The van der Waals surface area contributed by atoms with Gasteiger partial charge in [0.05, 0.1) is 11.6 Å². The number of Topliss-reactive ketones (excluding diaryl/α,β-unsaturated/α-hetero) is 1. The van der Waals surface area contributed by atoms with E-state index in [2.05, 4.69) is 0 Å². The van der Waals surface area contributed by atoms with Crippen LogP contribution in [0.5, 0.6) is 11.5 Å². The van der Waals surface area contributed by atoms with E-state index in [1.807, 2.05) is 38.1 Å². The number of carbonyl (C=O) groups excluding carboxylic acids is 2. The van der Waals surface area contributed by atoms with Crippen LogP contribution in [0.1, 0.15) is 42.5 Å². The lowest BCUT2D eigenvalue weighted by atomic mass is 9.94. The molecule has 1 amide bonds. The Morgan fingerprint density at radius 3 is 2.60 bits per heavy atom. The molecular weight excluding hydrogens is 382 g/mol. The number of carbonyl (C=O) groups is 2. The molecule has 1 saturated heterocycles. The summed E-state index contributed by atoms with van der Waals surface area (Å²) in [6.45, 7) is 5.34. The first kappa shape index (κ1) is 20.0. The molecule has 2 aromatic carbocycles. The molecule has 1 atom stereocenters. The summed E-state index contributed by atoms with van der Waals surface area (Å²) in [5.74, 6) is -0.330. The van der Waals surface area contributed by atoms with Crippen molar-refractivity contribution in [3.63, 3.8) is 0 Å². The molecule has 30 heavy (non-hydrogen) atoms. The first-order chi connectivity index (χ1) is 14.5. The lowest BCUT2D eigenvalue weighted by molar-refractivity contribution is -0.139. The van der Waals surface area contributed by atoms with Crippen LogP contribution < -0.4 is 9.47 Å². The molecule has 1 N–H and O–H groups in total. The van der Waals surface area contributed by atoms with E-state index in [0.29, 0.717) is 36.8 Å². The van der Waals surface area contributed by atoms with Crippen LogP contribution in [0.3, 0.4) is 0 Å². The third-order valence-electron chi connectivity index (χ3n) is 5.47. The summed E-state index contributed by atoms with van der Waals surface area (Å²) in [6.07, 6.45) is 1.67. The number of ether oxygens (including phenoxy) is 2. The highest BCUT2D eigenvalue weighted by Crippen LogP contribution is 2.41. The molecule has 0 aromatic heterocycles. The molecule has 4 rings (SSSR count). The highest BCUT2D eigenvalue weighted by atomic mass is 16.6. The van der Waals surface area contributed by atoms with Crippen LogP contribution in [-0.4, -0.2) is 41.5 Å². The summed E-state index contributed by atoms with van der Waals surface area (Å²) in [5, 5.41) is 11.1. The molecule has 2 aliphatic heterocycles. The maximum atomic E-state index is 13.0. The lowest BCUT2D eigenvalue weighted by Crippen LogP contribution is -2.30. The van der Waals surface area contributed by atoms with Gasteiger partial charge >= 0.3 is 0 Å². The van der Waals surface area contributed by atoms with Crippen molar-refractivity contribution in [1.82, 2.24) is 4.90 Å². The number of fused-ring (bicyclic) bond motifs is 1. The molecule has 0 radical (unpaired) electrons. The molecule has 1 unspecified atom stereocenters. The van der Waals surface area contributed by atoms with Crippen molar-refractivity contribution < 1.29 is 24.2 Å². The van der Waals surface area contributed by atoms with Crippen molar-refractivity contribution in [2.45, 2.75) is 32.7 Å². The van der Waals surface area contributed by atoms with Crippen LogP contribution in [-0.2, 0) is 9.59 Å². The van der Waals surface area contributed by atoms with Crippen molar-refractivity contribution in [2.24, 2.45) is 0 Å². The van der Waals surface area contributed by atoms with Crippen LogP contribution in [0.15, 0.2) is 48.0 Å². The van der Waals surface area contributed by atoms with E-state index in [1.165, 1.54) is 0 Å². The summed E-state index contributed by atoms with van der Waals surface area (Å²) in [6, 6.07) is 12.1. The van der Waals surface area contributed by atoms with Gasteiger partial charge in [-0.15, -0.1) is 0 Å². The van der Waals surface area contributed by atoms with E-state index in [4.69, 9.17) is 9.47 Å². The molecule has 6 heteroatoms. The minimum absolute atomic E-state index is 0.110. The predicted molar refractivity (Wildman–Crippen MR) is 113 cm³/mol. The quantitative estimate of drug-likeness (QED) is 0.461. The summed E-state index contributed by atoms with van der Waals surface area (Å²) in [5.41, 5.74) is 2.36. The van der Waals surface area contributed by atoms with E-state index < -0.39 is 17.7 Å². The van der Waals surface area contributed by atoms with Crippen LogP contribution in [0.2, 0.25) is 0 Å². The van der Waals surface area contributed by atoms with Gasteiger partial charge in [0.15, 0.2) is 11.5 Å². The Kier molecular flexibility index (Phi) is 5.48. The molecule has 1 fully saturated rings. The molecule has 6 nitrogen and oxygen atoms in total. The maximum Gasteiger partial charge on any atom is 0.295 e. The van der Waals surface area contributed by atoms with E-state index in [-0.39, 0.29) is 11.3 Å². The van der Waals surface area contributed by atoms with Crippen molar-refractivity contribution in [1.29, 1.82) is 0 Å². The van der Waals surface area contributed by atoms with Gasteiger partial charge in [0.1, 0.15) is 19.0 Å². The van der Waals surface area contributed by atoms with Gasteiger partial charge in [-0.05, 0) is 37.1 Å². The SMILES string of the molecule is CCCCN1C(=O)C(=O)/C(=C(\O)c2ccc3c(c2)OCCO3)C1c1cccc(C)c1. The number of amides is 1. The fourth-order valence-electron chi connectivity index (χ4n) is 3.97. The molecular formula is C24H25NO5. The van der Waals surface area contributed by atoms with E-state index in [1.54, 1.807) is 23.1 Å². The standard InChI is InChI=1S/C24H25NO5/c1-3-4-10-25-21(16-7-5-6-15(2)13-16)20(23(27)24(25)28)22(26)17-8-9-18-19(14-17)30-12-11-29-18/h5-9,13-14,21,26H,3-4,10-12H2,1-2H3/b22-20-.